The second-order valence-corrected chi connectivity index (χ2v) is 4.61. The van der Waals surface area contributed by atoms with Crippen LogP contribution < -0.4 is 0 Å². The van der Waals surface area contributed by atoms with Crippen LogP contribution in [0.25, 0.3) is 0 Å². The third kappa shape index (κ3) is 2.92. The van der Waals surface area contributed by atoms with E-state index in [1.54, 1.807) is 11.3 Å². The van der Waals surface area contributed by atoms with E-state index in [2.05, 4.69) is 11.9 Å². The van der Waals surface area contributed by atoms with Crippen LogP contribution in [-0.4, -0.2) is 16.2 Å². The van der Waals surface area contributed by atoms with Crippen LogP contribution in [0.4, 0.5) is 0 Å². The van der Waals surface area contributed by atoms with Crippen molar-refractivity contribution in [3.05, 3.63) is 16.6 Å². The largest absolute Gasteiger partial charge is 0.249 e. The highest BCUT2D eigenvalue weighted by Crippen LogP contribution is 2.24. The van der Waals surface area contributed by atoms with Crippen LogP contribution in [0.1, 0.15) is 24.3 Å². The fourth-order valence-electron chi connectivity index (χ4n) is 1.03. The summed E-state index contributed by atoms with van der Waals surface area (Å²) in [5, 5.41) is 3.19. The van der Waals surface area contributed by atoms with Gasteiger partial charge in [-0.2, -0.15) is 0 Å². The molecule has 1 heterocycles. The van der Waals surface area contributed by atoms with E-state index < -0.39 is 0 Å². The van der Waals surface area contributed by atoms with Crippen LogP contribution in [0.5, 0.6) is 0 Å². The molecule has 0 N–H and O–H groups in total. The van der Waals surface area contributed by atoms with Gasteiger partial charge in [0.2, 0.25) is 0 Å². The zero-order valence-electron chi connectivity index (χ0n) is 6.84. The molecule has 0 radical (unpaired) electrons. The van der Waals surface area contributed by atoms with Crippen molar-refractivity contribution in [1.82, 2.24) is 4.98 Å². The van der Waals surface area contributed by atoms with Gasteiger partial charge in [0.1, 0.15) is 0 Å². The van der Waals surface area contributed by atoms with Gasteiger partial charge < -0.3 is 0 Å². The molecule has 0 spiro atoms. The lowest BCUT2D eigenvalue weighted by Crippen LogP contribution is -2.05. The van der Waals surface area contributed by atoms with Crippen LogP contribution in [0.2, 0.25) is 0 Å². The topological polar surface area (TPSA) is 12.9 Å². The average Bonchev–Trinajstić information content (AvgIpc) is 2.56. The predicted molar refractivity (Wildman–Crippen MR) is 55.5 cm³/mol. The molecule has 0 saturated carbocycles. The summed E-state index contributed by atoms with van der Waals surface area (Å²) >= 11 is 13.2. The molecule has 2 atom stereocenters. The molecule has 1 aromatic rings. The molecule has 1 rings (SSSR count). The number of aromatic nitrogens is 1. The van der Waals surface area contributed by atoms with E-state index >= 15 is 0 Å². The van der Waals surface area contributed by atoms with Crippen molar-refractivity contribution in [3.63, 3.8) is 0 Å². The van der Waals surface area contributed by atoms with Crippen LogP contribution in [0, 0.1) is 0 Å². The van der Waals surface area contributed by atoms with Crippen LogP contribution in [0.3, 0.4) is 0 Å². The molecule has 0 fully saturated rings. The maximum Gasteiger partial charge on any atom is 0.0953 e. The van der Waals surface area contributed by atoms with Crippen molar-refractivity contribution in [1.29, 1.82) is 0 Å². The fourth-order valence-corrected chi connectivity index (χ4v) is 2.13. The predicted octanol–water partition coefficient (Wildman–Crippen LogP) is 3.48. The van der Waals surface area contributed by atoms with Crippen molar-refractivity contribution in [3.8, 4) is 0 Å². The standard InChI is InChI=1S/C8H11Cl2NS/c1-6(4-7(10)5-9)8-11-2-3-12-8/h2-3,6-7H,4-5H2,1H3. The molecule has 0 amide bonds. The Kier molecular flexibility index (Phi) is 4.33. The molecule has 0 aromatic carbocycles. The summed E-state index contributed by atoms with van der Waals surface area (Å²) in [6.45, 7) is 2.13. The first-order chi connectivity index (χ1) is 5.74. The van der Waals surface area contributed by atoms with Crippen molar-refractivity contribution in [2.45, 2.75) is 24.6 Å². The second kappa shape index (κ2) is 5.05. The smallest absolute Gasteiger partial charge is 0.0953 e. The Hall–Kier alpha value is 0.210. The van der Waals surface area contributed by atoms with Crippen LogP contribution in [0.15, 0.2) is 11.6 Å². The summed E-state index contributed by atoms with van der Waals surface area (Å²) in [6, 6.07) is 0. The molecule has 2 unspecified atom stereocenters. The Labute approximate surface area is 86.7 Å². The SMILES string of the molecule is CC(CC(Cl)CCl)c1nccs1. The summed E-state index contributed by atoms with van der Waals surface area (Å²) in [5.41, 5.74) is 0. The molecule has 1 nitrogen and oxygen atoms in total. The van der Waals surface area contributed by atoms with Crippen LogP contribution in [-0.2, 0) is 0 Å². The number of hydrogen-bond donors (Lipinski definition) is 0. The lowest BCUT2D eigenvalue weighted by Gasteiger charge is -2.10. The van der Waals surface area contributed by atoms with Gasteiger partial charge in [0, 0.05) is 28.8 Å². The van der Waals surface area contributed by atoms with Crippen molar-refractivity contribution in [2.24, 2.45) is 0 Å². The van der Waals surface area contributed by atoms with E-state index in [-0.39, 0.29) is 5.38 Å². The molecule has 0 bridgehead atoms. The average molecular weight is 224 g/mol. The number of rotatable bonds is 4. The Balaban J connectivity index is 2.44. The number of hydrogen-bond acceptors (Lipinski definition) is 2. The Morgan fingerprint density at radius 2 is 2.42 bits per heavy atom. The first-order valence-electron chi connectivity index (χ1n) is 3.83. The van der Waals surface area contributed by atoms with Gasteiger partial charge in [0.05, 0.1) is 5.01 Å². The van der Waals surface area contributed by atoms with E-state index in [9.17, 15) is 0 Å². The quantitative estimate of drug-likeness (QED) is 0.713. The fraction of sp³-hybridized carbons (Fsp3) is 0.625. The molecule has 4 heteroatoms. The number of alkyl halides is 2. The second-order valence-electron chi connectivity index (χ2n) is 2.76. The zero-order valence-corrected chi connectivity index (χ0v) is 9.16. The molecular formula is C8H11Cl2NS. The zero-order chi connectivity index (χ0) is 8.97. The number of thiazole rings is 1. The van der Waals surface area contributed by atoms with Gasteiger partial charge in [0.25, 0.3) is 0 Å². The highest BCUT2D eigenvalue weighted by molar-refractivity contribution is 7.09. The van der Waals surface area contributed by atoms with Gasteiger partial charge in [-0.3, -0.25) is 0 Å². The minimum Gasteiger partial charge on any atom is -0.249 e. The van der Waals surface area contributed by atoms with E-state index in [1.807, 2.05) is 11.6 Å². The summed E-state index contributed by atoms with van der Waals surface area (Å²) < 4.78 is 0. The van der Waals surface area contributed by atoms with Gasteiger partial charge in [-0.25, -0.2) is 4.98 Å². The maximum absolute atomic E-state index is 5.92. The molecule has 12 heavy (non-hydrogen) atoms. The third-order valence-corrected chi connectivity index (χ3v) is 3.52. The molecule has 0 aliphatic heterocycles. The summed E-state index contributed by atoms with van der Waals surface area (Å²) in [6.07, 6.45) is 2.72. The molecule has 0 saturated heterocycles. The number of halogens is 2. The maximum atomic E-state index is 5.92. The van der Waals surface area contributed by atoms with Crippen LogP contribution >= 0.6 is 34.5 Å². The van der Waals surface area contributed by atoms with E-state index in [4.69, 9.17) is 23.2 Å². The minimum atomic E-state index is 0.0607. The normalized spacial score (nSPS) is 15.9. The lowest BCUT2D eigenvalue weighted by molar-refractivity contribution is 0.669. The minimum absolute atomic E-state index is 0.0607. The summed E-state index contributed by atoms with van der Waals surface area (Å²) in [7, 11) is 0. The Morgan fingerprint density at radius 3 is 2.92 bits per heavy atom. The number of nitrogens with zero attached hydrogens (tertiary/aromatic N) is 1. The van der Waals surface area contributed by atoms with Gasteiger partial charge in [-0.1, -0.05) is 6.92 Å². The Bertz CT molecular complexity index is 213. The monoisotopic (exact) mass is 223 g/mol. The van der Waals surface area contributed by atoms with Crippen molar-refractivity contribution in [2.75, 3.05) is 5.88 Å². The first kappa shape index (κ1) is 10.3. The molecule has 68 valence electrons. The molecule has 1 aromatic heterocycles. The van der Waals surface area contributed by atoms with Gasteiger partial charge in [-0.15, -0.1) is 34.5 Å². The lowest BCUT2D eigenvalue weighted by atomic mass is 10.1. The summed E-state index contributed by atoms with van der Waals surface area (Å²) in [4.78, 5) is 4.22. The van der Waals surface area contributed by atoms with Gasteiger partial charge in [0.15, 0.2) is 0 Å². The summed E-state index contributed by atoms with van der Waals surface area (Å²) in [5.74, 6) is 0.934. The molecule has 0 aliphatic rings. The van der Waals surface area contributed by atoms with Crippen molar-refractivity contribution < 1.29 is 0 Å². The van der Waals surface area contributed by atoms with Gasteiger partial charge in [-0.05, 0) is 6.42 Å². The third-order valence-electron chi connectivity index (χ3n) is 1.65. The highest BCUT2D eigenvalue weighted by Gasteiger charge is 2.12. The van der Waals surface area contributed by atoms with Crippen molar-refractivity contribution >= 4 is 34.5 Å². The molecular weight excluding hydrogens is 213 g/mol. The highest BCUT2D eigenvalue weighted by atomic mass is 35.5. The molecule has 0 aliphatic carbocycles. The van der Waals surface area contributed by atoms with Gasteiger partial charge >= 0.3 is 0 Å². The van der Waals surface area contributed by atoms with E-state index in [1.165, 1.54) is 0 Å². The Morgan fingerprint density at radius 1 is 1.67 bits per heavy atom. The first-order valence-corrected chi connectivity index (χ1v) is 5.68. The van der Waals surface area contributed by atoms with E-state index in [0.29, 0.717) is 11.8 Å². The van der Waals surface area contributed by atoms with E-state index in [0.717, 1.165) is 11.4 Å².